The third kappa shape index (κ3) is 12.0. The molecule has 0 aliphatic carbocycles. The van der Waals surface area contributed by atoms with Crippen LogP contribution in [0, 0.1) is 20.8 Å². The quantitative estimate of drug-likeness (QED) is 0.121. The number of fused-ring (bicyclic) bond motifs is 3. The van der Waals surface area contributed by atoms with Gasteiger partial charge in [0, 0.05) is 75.2 Å². The molecular weight excluding hydrogens is 967 g/mol. The van der Waals surface area contributed by atoms with Crippen LogP contribution in [0.3, 0.4) is 0 Å². The first-order valence-electron chi connectivity index (χ1n) is 17.2. The zero-order valence-corrected chi connectivity index (χ0v) is 40.1. The summed E-state index contributed by atoms with van der Waals surface area (Å²) in [5, 5.41) is 6.46. The first-order chi connectivity index (χ1) is 27.5. The van der Waals surface area contributed by atoms with Crippen molar-refractivity contribution in [3.05, 3.63) is 95.3 Å². The molecule has 0 radical (unpaired) electrons. The van der Waals surface area contributed by atoms with Crippen LogP contribution in [-0.4, -0.2) is 72.3 Å². The zero-order chi connectivity index (χ0) is 42.3. The van der Waals surface area contributed by atoms with Gasteiger partial charge < -0.3 is 30.3 Å². The number of ether oxygens (including phenoxy) is 2. The molecule has 8 aromatic rings. The highest BCUT2D eigenvalue weighted by Gasteiger charge is 2.12. The summed E-state index contributed by atoms with van der Waals surface area (Å²) < 4.78 is 15.5. The van der Waals surface area contributed by atoms with E-state index in [1.165, 1.54) is 0 Å². The van der Waals surface area contributed by atoms with Crippen molar-refractivity contribution in [2.24, 2.45) is 0 Å². The van der Waals surface area contributed by atoms with E-state index < -0.39 is 0 Å². The lowest BCUT2D eigenvalue weighted by molar-refractivity contribution is 0.415. The van der Waals surface area contributed by atoms with Crippen molar-refractivity contribution in [3.8, 4) is 11.5 Å². The molecule has 0 saturated heterocycles. The molecule has 0 atom stereocenters. The van der Waals surface area contributed by atoms with Crippen LogP contribution in [-0.2, 0) is 0 Å². The second-order valence-corrected chi connectivity index (χ2v) is 19.2. The molecule has 304 valence electrons. The molecule has 0 aliphatic rings. The lowest BCUT2D eigenvalue weighted by Crippen LogP contribution is -2.09. The number of rotatable bonds is 6. The van der Waals surface area contributed by atoms with Gasteiger partial charge >= 0.3 is 0 Å². The number of nitrogens with zero attached hydrogens (tertiary/aromatic N) is 8. The van der Waals surface area contributed by atoms with Crippen molar-refractivity contribution in [1.29, 1.82) is 0 Å². The van der Waals surface area contributed by atoms with E-state index >= 15 is 0 Å². The van der Waals surface area contributed by atoms with Crippen LogP contribution < -0.4 is 30.3 Å². The number of thiophene rings is 3. The second kappa shape index (κ2) is 20.2. The maximum atomic E-state index is 5.91. The topological polar surface area (TPSA) is 140 Å². The van der Waals surface area contributed by atoms with E-state index in [0.717, 1.165) is 89.9 Å². The van der Waals surface area contributed by atoms with Gasteiger partial charge in [0.25, 0.3) is 0 Å². The van der Waals surface area contributed by atoms with Crippen LogP contribution in [0.5, 0.6) is 11.5 Å². The fourth-order valence-corrected chi connectivity index (χ4v) is 9.44. The molecule has 3 N–H and O–H groups in total. The number of aromatic nitrogens is 6. The number of aryl methyl sites for hydroxylation is 3. The summed E-state index contributed by atoms with van der Waals surface area (Å²) in [4.78, 5) is 29.6. The van der Waals surface area contributed by atoms with Gasteiger partial charge in [0.2, 0.25) is 0 Å². The van der Waals surface area contributed by atoms with Gasteiger partial charge in [0.1, 0.15) is 29.0 Å². The number of nitrogen functional groups attached to an aromatic ring is 1. The van der Waals surface area contributed by atoms with Crippen molar-refractivity contribution < 1.29 is 9.47 Å². The first-order valence-corrected chi connectivity index (χ1v) is 22.0. The lowest BCUT2D eigenvalue weighted by atomic mass is 10.2. The number of hydrogen-bond donors (Lipinski definition) is 2. The van der Waals surface area contributed by atoms with Crippen LogP contribution in [0.1, 0.15) is 17.5 Å². The number of methoxy groups -OCH3 is 2. The standard InChI is InChI=1S/C16H17BrN4OS.C9H14N2O.C7H4BrClN2S.C7H5ClN2S/c1-9-18-13-8-14(17)23-15(13)16(19-9)20-10-5-11(21(2)3)7-12(6-10)22-4;1-11(2)8-4-7(10)5-9(6-8)12-3;1-3-10-4-2-5(8)12-6(4)7(9)11-3;1-4-9-5-2-3-11-6(5)7(8)10-4/h5-8H,1-4H3,(H,18,19,20);4-6H,10H2,1-3H3;2H,1H3;2-3H,1H3. The molecule has 0 unspecified atom stereocenters. The van der Waals surface area contributed by atoms with Gasteiger partial charge in [0.15, 0.2) is 16.1 Å². The van der Waals surface area contributed by atoms with Gasteiger partial charge in [-0.3, -0.25) is 0 Å². The fraction of sp³-hybridized carbons (Fsp3) is 0.231. The van der Waals surface area contributed by atoms with E-state index in [4.69, 9.17) is 38.4 Å². The van der Waals surface area contributed by atoms with E-state index in [9.17, 15) is 0 Å². The Hall–Kier alpha value is -4.10. The summed E-state index contributed by atoms with van der Waals surface area (Å²) in [7, 11) is 11.2. The molecule has 0 bridgehead atoms. The summed E-state index contributed by atoms with van der Waals surface area (Å²) in [5.74, 6) is 4.56. The zero-order valence-electron chi connectivity index (χ0n) is 33.0. The largest absolute Gasteiger partial charge is 0.497 e. The van der Waals surface area contributed by atoms with Gasteiger partial charge in [0.05, 0.1) is 52.4 Å². The van der Waals surface area contributed by atoms with Gasteiger partial charge in [-0.15, -0.1) is 34.0 Å². The van der Waals surface area contributed by atoms with Gasteiger partial charge in [-0.25, -0.2) is 29.9 Å². The van der Waals surface area contributed by atoms with E-state index in [1.807, 2.05) is 107 Å². The molecule has 0 aliphatic heterocycles. The number of hydrogen-bond acceptors (Lipinski definition) is 15. The Bertz CT molecular complexity index is 2670. The van der Waals surface area contributed by atoms with Crippen LogP contribution in [0.4, 0.5) is 28.6 Å². The SMILES string of the molecule is COc1cc(N)cc(N(C)C)c1.COc1cc(Nc2nc(C)nc3cc(Br)sc23)cc(N(C)C)c1.Cc1nc(Cl)c2sc(Br)cc2n1.Cc1nc(Cl)c2sccc2n1. The molecule has 58 heavy (non-hydrogen) atoms. The second-order valence-electron chi connectivity index (χ2n) is 12.7. The smallest absolute Gasteiger partial charge is 0.152 e. The fourth-order valence-electron chi connectivity index (χ4n) is 5.16. The highest BCUT2D eigenvalue weighted by molar-refractivity contribution is 9.11. The molecule has 0 amide bonds. The Kier molecular flexibility index (Phi) is 15.7. The molecule has 6 aromatic heterocycles. The van der Waals surface area contributed by atoms with E-state index in [1.54, 1.807) is 54.3 Å². The van der Waals surface area contributed by atoms with Gasteiger partial charge in [-0.1, -0.05) is 23.2 Å². The number of benzene rings is 2. The number of halogens is 4. The van der Waals surface area contributed by atoms with Crippen molar-refractivity contribution in [2.45, 2.75) is 20.8 Å². The molecule has 19 heteroatoms. The molecule has 12 nitrogen and oxygen atoms in total. The minimum absolute atomic E-state index is 0.535. The Morgan fingerprint density at radius 1 is 0.621 bits per heavy atom. The normalized spacial score (nSPS) is 10.6. The molecule has 0 spiro atoms. The van der Waals surface area contributed by atoms with Crippen LogP contribution in [0.2, 0.25) is 10.3 Å². The van der Waals surface area contributed by atoms with E-state index in [-0.39, 0.29) is 0 Å². The average Bonchev–Trinajstić information content (AvgIpc) is 3.89. The molecule has 2 aromatic carbocycles. The van der Waals surface area contributed by atoms with Gasteiger partial charge in [-0.05, 0) is 88.3 Å². The Balaban J connectivity index is 0.000000156. The predicted octanol–water partition coefficient (Wildman–Crippen LogP) is 12.0. The Morgan fingerprint density at radius 2 is 1.12 bits per heavy atom. The van der Waals surface area contributed by atoms with Crippen molar-refractivity contribution >= 4 is 148 Å². The van der Waals surface area contributed by atoms with Crippen molar-refractivity contribution in [1.82, 2.24) is 29.9 Å². The molecular formula is C39H40Br2Cl2N10O2S3. The monoisotopic (exact) mass is 1000 g/mol. The van der Waals surface area contributed by atoms with E-state index in [2.05, 4.69) is 73.1 Å². The number of nitrogens with two attached hydrogens (primary N) is 1. The van der Waals surface area contributed by atoms with Gasteiger partial charge in [-0.2, -0.15) is 0 Å². The molecule has 6 heterocycles. The summed E-state index contributed by atoms with van der Waals surface area (Å²) in [5.41, 5.74) is 12.2. The molecule has 0 fully saturated rings. The number of nitrogens with one attached hydrogen (secondary N) is 1. The van der Waals surface area contributed by atoms with Crippen LogP contribution in [0.25, 0.3) is 30.6 Å². The third-order valence-corrected chi connectivity index (χ3v) is 12.8. The molecule has 8 rings (SSSR count). The first kappa shape index (κ1) is 45.0. The molecule has 0 saturated carbocycles. The van der Waals surface area contributed by atoms with Crippen LogP contribution >= 0.6 is 89.1 Å². The highest BCUT2D eigenvalue weighted by Crippen LogP contribution is 2.36. The van der Waals surface area contributed by atoms with Crippen LogP contribution in [0.15, 0.2) is 67.6 Å². The summed E-state index contributed by atoms with van der Waals surface area (Å²) >= 11 is 23.4. The number of anilines is 5. The highest BCUT2D eigenvalue weighted by atomic mass is 79.9. The maximum absolute atomic E-state index is 5.91. The minimum Gasteiger partial charge on any atom is -0.497 e. The summed E-state index contributed by atoms with van der Waals surface area (Å²) in [6.07, 6.45) is 0. The van der Waals surface area contributed by atoms with Crippen molar-refractivity contribution in [3.63, 3.8) is 0 Å². The minimum atomic E-state index is 0.535. The third-order valence-electron chi connectivity index (χ3n) is 7.81. The average molecular weight is 1010 g/mol. The summed E-state index contributed by atoms with van der Waals surface area (Å²) in [6, 6.07) is 17.6. The Morgan fingerprint density at radius 3 is 1.71 bits per heavy atom. The lowest BCUT2D eigenvalue weighted by Gasteiger charge is -2.16. The predicted molar refractivity (Wildman–Crippen MR) is 254 cm³/mol. The maximum Gasteiger partial charge on any atom is 0.152 e. The van der Waals surface area contributed by atoms with E-state index in [0.29, 0.717) is 16.1 Å². The Labute approximate surface area is 375 Å². The summed E-state index contributed by atoms with van der Waals surface area (Å²) in [6.45, 7) is 5.56. The van der Waals surface area contributed by atoms with Crippen molar-refractivity contribution in [2.75, 3.05) is 63.3 Å².